The second-order valence-corrected chi connectivity index (χ2v) is 6.14. The van der Waals surface area contributed by atoms with Crippen molar-refractivity contribution in [2.75, 3.05) is 19.7 Å². The Morgan fingerprint density at radius 2 is 2.15 bits per heavy atom. The molecule has 1 aromatic carbocycles. The first-order valence-corrected chi connectivity index (χ1v) is 7.31. The van der Waals surface area contributed by atoms with E-state index in [0.29, 0.717) is 37.3 Å². The summed E-state index contributed by atoms with van der Waals surface area (Å²) in [7, 11) is 0. The Balaban J connectivity index is 1.96. The first-order chi connectivity index (χ1) is 9.56. The molecule has 3 nitrogen and oxygen atoms in total. The number of nitrogens with zero attached hydrogens (tertiary/aromatic N) is 1. The Morgan fingerprint density at radius 1 is 1.40 bits per heavy atom. The van der Waals surface area contributed by atoms with Crippen molar-refractivity contribution in [2.24, 2.45) is 5.92 Å². The quantitative estimate of drug-likeness (QED) is 0.849. The Kier molecular flexibility index (Phi) is 3.40. The predicted molar refractivity (Wildman–Crippen MR) is 74.6 cm³/mol. The number of benzene rings is 1. The fourth-order valence-corrected chi connectivity index (χ4v) is 2.72. The maximum Gasteiger partial charge on any atom is 0.260 e. The van der Waals surface area contributed by atoms with E-state index in [0.717, 1.165) is 18.4 Å². The number of rotatable bonds is 3. The molecule has 1 fully saturated rings. The predicted octanol–water partition coefficient (Wildman–Crippen LogP) is 3.19. The summed E-state index contributed by atoms with van der Waals surface area (Å²) in [5, 5.41) is 0. The third-order valence-corrected chi connectivity index (χ3v) is 3.83. The zero-order chi connectivity index (χ0) is 14.3. The molecule has 0 N–H and O–H groups in total. The van der Waals surface area contributed by atoms with Gasteiger partial charge in [-0.25, -0.2) is 4.39 Å². The monoisotopic (exact) mass is 277 g/mol. The summed E-state index contributed by atoms with van der Waals surface area (Å²) in [5.74, 6) is 0.539. The maximum absolute atomic E-state index is 14.3. The third kappa shape index (κ3) is 2.51. The molecular weight excluding hydrogens is 257 g/mol. The molecule has 108 valence electrons. The van der Waals surface area contributed by atoms with Crippen LogP contribution in [0.1, 0.15) is 48.5 Å². The molecule has 0 bridgehead atoms. The highest BCUT2D eigenvalue weighted by molar-refractivity contribution is 5.97. The van der Waals surface area contributed by atoms with Crippen molar-refractivity contribution in [3.63, 3.8) is 0 Å². The molecule has 3 rings (SSSR count). The Labute approximate surface area is 118 Å². The van der Waals surface area contributed by atoms with Crippen molar-refractivity contribution >= 4 is 5.91 Å². The second-order valence-electron chi connectivity index (χ2n) is 6.14. The molecule has 0 spiro atoms. The van der Waals surface area contributed by atoms with E-state index < -0.39 is 5.82 Å². The average Bonchev–Trinajstić information content (AvgIpc) is 3.19. The lowest BCUT2D eigenvalue weighted by Crippen LogP contribution is -2.35. The summed E-state index contributed by atoms with van der Waals surface area (Å²) >= 11 is 0. The molecular formula is C16H20FNO2. The van der Waals surface area contributed by atoms with Gasteiger partial charge in [-0.05, 0) is 42.4 Å². The van der Waals surface area contributed by atoms with Crippen LogP contribution in [0.2, 0.25) is 0 Å². The van der Waals surface area contributed by atoms with Gasteiger partial charge in [0.05, 0.1) is 6.54 Å². The number of hydrogen-bond donors (Lipinski definition) is 0. The lowest BCUT2D eigenvalue weighted by atomic mass is 10.0. The van der Waals surface area contributed by atoms with Crippen molar-refractivity contribution in [1.29, 1.82) is 0 Å². The van der Waals surface area contributed by atoms with Gasteiger partial charge in [0.2, 0.25) is 0 Å². The number of carbonyl (C=O) groups excluding carboxylic acids is 1. The first-order valence-electron chi connectivity index (χ1n) is 7.31. The van der Waals surface area contributed by atoms with E-state index in [9.17, 15) is 9.18 Å². The van der Waals surface area contributed by atoms with E-state index in [1.807, 2.05) is 19.9 Å². The molecule has 1 amide bonds. The highest BCUT2D eigenvalue weighted by Gasteiger charge is 2.31. The van der Waals surface area contributed by atoms with Gasteiger partial charge in [-0.3, -0.25) is 4.79 Å². The van der Waals surface area contributed by atoms with Gasteiger partial charge in [-0.1, -0.05) is 13.8 Å². The van der Waals surface area contributed by atoms with Crippen LogP contribution in [0.15, 0.2) is 12.1 Å². The fraction of sp³-hybridized carbons (Fsp3) is 0.562. The molecule has 2 aliphatic rings. The second kappa shape index (κ2) is 5.08. The van der Waals surface area contributed by atoms with E-state index in [1.165, 1.54) is 6.07 Å². The standard InChI is InChI=1S/C16H20FNO2/c1-10(2)9-18-5-6-20-14-8-12(11-3-4-11)7-13(17)15(14)16(18)19/h7-8,10-11H,3-6,9H2,1-2H3. The van der Waals surface area contributed by atoms with Crippen LogP contribution >= 0.6 is 0 Å². The van der Waals surface area contributed by atoms with Gasteiger partial charge in [0.25, 0.3) is 5.91 Å². The van der Waals surface area contributed by atoms with Gasteiger partial charge in [-0.15, -0.1) is 0 Å². The van der Waals surface area contributed by atoms with Gasteiger partial charge in [0, 0.05) is 6.54 Å². The van der Waals surface area contributed by atoms with Gasteiger partial charge in [0.15, 0.2) is 0 Å². The molecule has 1 aliphatic carbocycles. The van der Waals surface area contributed by atoms with Crippen LogP contribution in [-0.4, -0.2) is 30.5 Å². The number of fused-ring (bicyclic) bond motifs is 1. The molecule has 0 atom stereocenters. The smallest absolute Gasteiger partial charge is 0.260 e. The summed E-state index contributed by atoms with van der Waals surface area (Å²) in [6.07, 6.45) is 2.21. The first kappa shape index (κ1) is 13.4. The molecule has 20 heavy (non-hydrogen) atoms. The molecule has 0 saturated heterocycles. The maximum atomic E-state index is 14.3. The number of halogens is 1. The zero-order valence-corrected chi connectivity index (χ0v) is 12.0. The van der Waals surface area contributed by atoms with Crippen molar-refractivity contribution in [3.8, 4) is 5.75 Å². The SMILES string of the molecule is CC(C)CN1CCOc2cc(C3CC3)cc(F)c2C1=O. The zero-order valence-electron chi connectivity index (χ0n) is 12.0. The lowest BCUT2D eigenvalue weighted by molar-refractivity contribution is 0.0732. The molecule has 0 unspecified atom stereocenters. The van der Waals surface area contributed by atoms with Crippen LogP contribution in [0.25, 0.3) is 0 Å². The number of ether oxygens (including phenoxy) is 1. The summed E-state index contributed by atoms with van der Waals surface area (Å²) < 4.78 is 20.0. The number of carbonyl (C=O) groups is 1. The minimum Gasteiger partial charge on any atom is -0.491 e. The molecule has 1 heterocycles. The number of amides is 1. The Hall–Kier alpha value is -1.58. The summed E-state index contributed by atoms with van der Waals surface area (Å²) in [6, 6.07) is 3.36. The van der Waals surface area contributed by atoms with E-state index in [1.54, 1.807) is 4.90 Å². The highest BCUT2D eigenvalue weighted by atomic mass is 19.1. The van der Waals surface area contributed by atoms with Crippen LogP contribution in [0, 0.1) is 11.7 Å². The van der Waals surface area contributed by atoms with Crippen molar-refractivity contribution in [3.05, 3.63) is 29.1 Å². The number of hydrogen-bond acceptors (Lipinski definition) is 2. The molecule has 4 heteroatoms. The van der Waals surface area contributed by atoms with Crippen LogP contribution in [-0.2, 0) is 0 Å². The molecule has 0 aromatic heterocycles. The summed E-state index contributed by atoms with van der Waals surface area (Å²) in [4.78, 5) is 14.2. The van der Waals surface area contributed by atoms with Crippen LogP contribution < -0.4 is 4.74 Å². The lowest BCUT2D eigenvalue weighted by Gasteiger charge is -2.22. The molecule has 1 saturated carbocycles. The van der Waals surface area contributed by atoms with Crippen molar-refractivity contribution in [1.82, 2.24) is 4.90 Å². The van der Waals surface area contributed by atoms with E-state index in [2.05, 4.69) is 0 Å². The van der Waals surface area contributed by atoms with Crippen LogP contribution in [0.4, 0.5) is 4.39 Å². The van der Waals surface area contributed by atoms with Gasteiger partial charge >= 0.3 is 0 Å². The Bertz CT molecular complexity index is 538. The van der Waals surface area contributed by atoms with Crippen molar-refractivity contribution in [2.45, 2.75) is 32.6 Å². The van der Waals surface area contributed by atoms with Crippen LogP contribution in [0.3, 0.4) is 0 Å². The Morgan fingerprint density at radius 3 is 2.80 bits per heavy atom. The highest BCUT2D eigenvalue weighted by Crippen LogP contribution is 2.42. The fourth-order valence-electron chi connectivity index (χ4n) is 2.72. The minimum absolute atomic E-state index is 0.104. The summed E-state index contributed by atoms with van der Waals surface area (Å²) in [6.45, 7) is 5.67. The molecule has 1 aromatic rings. The van der Waals surface area contributed by atoms with Crippen molar-refractivity contribution < 1.29 is 13.9 Å². The largest absolute Gasteiger partial charge is 0.491 e. The average molecular weight is 277 g/mol. The van der Waals surface area contributed by atoms with E-state index in [-0.39, 0.29) is 11.5 Å². The molecule has 1 aliphatic heterocycles. The van der Waals surface area contributed by atoms with E-state index >= 15 is 0 Å². The van der Waals surface area contributed by atoms with E-state index in [4.69, 9.17) is 4.74 Å². The van der Waals surface area contributed by atoms with Gasteiger partial charge < -0.3 is 9.64 Å². The minimum atomic E-state index is -0.440. The van der Waals surface area contributed by atoms with Gasteiger partial charge in [0.1, 0.15) is 23.7 Å². The van der Waals surface area contributed by atoms with Crippen LogP contribution in [0.5, 0.6) is 5.75 Å². The third-order valence-electron chi connectivity index (χ3n) is 3.83. The van der Waals surface area contributed by atoms with Gasteiger partial charge in [-0.2, -0.15) is 0 Å². The summed E-state index contributed by atoms with van der Waals surface area (Å²) in [5.41, 5.74) is 1.07. The molecule has 0 radical (unpaired) electrons. The topological polar surface area (TPSA) is 29.5 Å². The normalized spacial score (nSPS) is 18.8.